The number of nitrogens with one attached hydrogen (secondary N) is 3. The number of amides is 2. The van der Waals surface area contributed by atoms with Gasteiger partial charge < -0.3 is 14.5 Å². The Morgan fingerprint density at radius 2 is 1.74 bits per heavy atom. The van der Waals surface area contributed by atoms with Gasteiger partial charge in [-0.15, -0.1) is 0 Å². The van der Waals surface area contributed by atoms with Crippen molar-refractivity contribution in [3.8, 4) is 17.2 Å². The Morgan fingerprint density at radius 1 is 1.10 bits per heavy atom. The Bertz CT molecular complexity index is 1110. The number of rotatable bonds is 7. The third-order valence-corrected chi connectivity index (χ3v) is 4.51. The van der Waals surface area contributed by atoms with Gasteiger partial charge in [0, 0.05) is 11.9 Å². The third-order valence-electron chi connectivity index (χ3n) is 4.21. The first kappa shape index (κ1) is 22.0. The first-order valence-corrected chi connectivity index (χ1v) is 9.86. The van der Waals surface area contributed by atoms with Crippen LogP contribution < -0.4 is 20.3 Å². The summed E-state index contributed by atoms with van der Waals surface area (Å²) in [4.78, 5) is 27.6. The third kappa shape index (κ3) is 5.48. The van der Waals surface area contributed by atoms with Crippen LogP contribution in [0.1, 0.15) is 24.3 Å². The molecule has 162 valence electrons. The fourth-order valence-corrected chi connectivity index (χ4v) is 2.97. The highest BCUT2D eigenvalue weighted by molar-refractivity contribution is 7.71. The number of ether oxygens (including phenoxy) is 2. The zero-order valence-electron chi connectivity index (χ0n) is 16.8. The van der Waals surface area contributed by atoms with Crippen LogP contribution in [-0.4, -0.2) is 34.1 Å². The van der Waals surface area contributed by atoms with Crippen molar-refractivity contribution >= 4 is 24.0 Å². The molecule has 0 aliphatic heterocycles. The van der Waals surface area contributed by atoms with E-state index in [1.807, 2.05) is 6.92 Å². The molecule has 0 saturated carbocycles. The van der Waals surface area contributed by atoms with E-state index in [-0.39, 0.29) is 10.5 Å². The second-order valence-corrected chi connectivity index (χ2v) is 6.79. The van der Waals surface area contributed by atoms with Crippen LogP contribution in [0.2, 0.25) is 0 Å². The van der Waals surface area contributed by atoms with Gasteiger partial charge in [-0.3, -0.25) is 25.0 Å². The number of halogens is 1. The van der Waals surface area contributed by atoms with Crippen molar-refractivity contribution in [1.29, 1.82) is 0 Å². The number of carbonyl (C=O) groups is 2. The lowest BCUT2D eigenvalue weighted by atomic mass is 10.3. The number of hydrazine groups is 1. The van der Waals surface area contributed by atoms with Crippen molar-refractivity contribution in [3.05, 3.63) is 71.0 Å². The molecule has 0 saturated heterocycles. The van der Waals surface area contributed by atoms with E-state index in [0.717, 1.165) is 0 Å². The van der Waals surface area contributed by atoms with E-state index < -0.39 is 23.7 Å². The van der Waals surface area contributed by atoms with Crippen molar-refractivity contribution in [2.24, 2.45) is 0 Å². The van der Waals surface area contributed by atoms with Gasteiger partial charge >= 0.3 is 0 Å². The maximum absolute atomic E-state index is 13.2. The number of H-pyrrole nitrogens is 1. The van der Waals surface area contributed by atoms with Gasteiger partial charge in [0.1, 0.15) is 23.0 Å². The molecule has 3 aromatic rings. The van der Waals surface area contributed by atoms with Crippen LogP contribution in [0.4, 0.5) is 4.39 Å². The molecule has 1 heterocycles. The Hall–Kier alpha value is -3.66. The van der Waals surface area contributed by atoms with Gasteiger partial charge in [-0.05, 0) is 74.6 Å². The van der Waals surface area contributed by atoms with Gasteiger partial charge in [0.25, 0.3) is 11.8 Å². The Labute approximate surface area is 183 Å². The highest BCUT2D eigenvalue weighted by Gasteiger charge is 2.18. The molecule has 0 spiro atoms. The van der Waals surface area contributed by atoms with Crippen LogP contribution >= 0.6 is 12.2 Å². The van der Waals surface area contributed by atoms with E-state index in [2.05, 4.69) is 15.8 Å². The highest BCUT2D eigenvalue weighted by atomic mass is 32.1. The first-order valence-electron chi connectivity index (χ1n) is 9.45. The number of hydrogen-bond donors (Lipinski definition) is 3. The maximum atomic E-state index is 13.2. The standard InChI is InChI=1S/C21H21FN4O4S/c1-3-29-16-8-10-17(11-9-16)30-13(2)19(27)24-25-20(28)18-12-23-21(31)26(18)15-6-4-14(22)5-7-15/h4-13H,3H2,1-2H3,(H,23,31)(H,24,27)(H,25,28). The highest BCUT2D eigenvalue weighted by Crippen LogP contribution is 2.18. The molecule has 2 aromatic carbocycles. The summed E-state index contributed by atoms with van der Waals surface area (Å²) < 4.78 is 25.8. The van der Waals surface area contributed by atoms with E-state index in [4.69, 9.17) is 21.7 Å². The van der Waals surface area contributed by atoms with E-state index in [0.29, 0.717) is 23.8 Å². The summed E-state index contributed by atoms with van der Waals surface area (Å²) >= 11 is 5.20. The molecule has 8 nitrogen and oxygen atoms in total. The molecule has 0 aliphatic carbocycles. The molecule has 2 amide bonds. The van der Waals surface area contributed by atoms with Crippen LogP contribution in [0.3, 0.4) is 0 Å². The smallest absolute Gasteiger partial charge is 0.288 e. The van der Waals surface area contributed by atoms with Crippen LogP contribution in [0.15, 0.2) is 54.7 Å². The lowest BCUT2D eigenvalue weighted by molar-refractivity contribution is -0.128. The molecule has 0 bridgehead atoms. The van der Waals surface area contributed by atoms with Gasteiger partial charge in [0.05, 0.1) is 6.61 Å². The van der Waals surface area contributed by atoms with Crippen molar-refractivity contribution in [2.45, 2.75) is 20.0 Å². The maximum Gasteiger partial charge on any atom is 0.288 e. The Balaban J connectivity index is 1.61. The summed E-state index contributed by atoms with van der Waals surface area (Å²) in [7, 11) is 0. The first-order chi connectivity index (χ1) is 14.9. The minimum Gasteiger partial charge on any atom is -0.494 e. The molecule has 31 heavy (non-hydrogen) atoms. The van der Waals surface area contributed by atoms with E-state index in [9.17, 15) is 14.0 Å². The van der Waals surface area contributed by atoms with Gasteiger partial charge in [-0.2, -0.15) is 0 Å². The number of imidazole rings is 1. The molecule has 1 aromatic heterocycles. The molecule has 10 heteroatoms. The largest absolute Gasteiger partial charge is 0.494 e. The van der Waals surface area contributed by atoms with E-state index in [1.54, 1.807) is 31.2 Å². The van der Waals surface area contributed by atoms with Gasteiger partial charge in [-0.1, -0.05) is 0 Å². The summed E-state index contributed by atoms with van der Waals surface area (Å²) in [6.07, 6.45) is 0.524. The lowest BCUT2D eigenvalue weighted by Gasteiger charge is -2.16. The van der Waals surface area contributed by atoms with Gasteiger partial charge in [0.2, 0.25) is 0 Å². The normalized spacial score (nSPS) is 11.5. The topological polar surface area (TPSA) is 97.4 Å². The van der Waals surface area contributed by atoms with Gasteiger partial charge in [-0.25, -0.2) is 4.39 Å². The summed E-state index contributed by atoms with van der Waals surface area (Å²) in [5.41, 5.74) is 5.28. The van der Waals surface area contributed by atoms with Gasteiger partial charge in [0.15, 0.2) is 10.9 Å². The minimum atomic E-state index is -0.872. The second-order valence-electron chi connectivity index (χ2n) is 6.40. The average molecular weight is 444 g/mol. The Kier molecular flexibility index (Phi) is 7.03. The Morgan fingerprint density at radius 3 is 2.39 bits per heavy atom. The molecular weight excluding hydrogens is 423 g/mol. The van der Waals surface area contributed by atoms with Crippen molar-refractivity contribution in [3.63, 3.8) is 0 Å². The number of nitrogens with zero attached hydrogens (tertiary/aromatic N) is 1. The van der Waals surface area contributed by atoms with Crippen molar-refractivity contribution < 1.29 is 23.5 Å². The predicted molar refractivity (Wildman–Crippen MR) is 114 cm³/mol. The average Bonchev–Trinajstić information content (AvgIpc) is 3.15. The number of benzene rings is 2. The van der Waals surface area contributed by atoms with Crippen LogP contribution in [0.5, 0.6) is 11.5 Å². The zero-order chi connectivity index (χ0) is 22.4. The van der Waals surface area contributed by atoms with Crippen LogP contribution in [0.25, 0.3) is 5.69 Å². The van der Waals surface area contributed by atoms with Crippen molar-refractivity contribution in [2.75, 3.05) is 6.61 Å². The van der Waals surface area contributed by atoms with Crippen LogP contribution in [-0.2, 0) is 4.79 Å². The lowest BCUT2D eigenvalue weighted by Crippen LogP contribution is -2.47. The summed E-state index contributed by atoms with van der Waals surface area (Å²) in [5, 5.41) is 0. The van der Waals surface area contributed by atoms with E-state index in [1.165, 1.54) is 35.0 Å². The van der Waals surface area contributed by atoms with Crippen LogP contribution in [0, 0.1) is 10.6 Å². The molecule has 1 unspecified atom stereocenters. The summed E-state index contributed by atoms with van der Waals surface area (Å²) in [5.74, 6) is -0.400. The zero-order valence-corrected chi connectivity index (χ0v) is 17.7. The summed E-state index contributed by atoms with van der Waals surface area (Å²) in [6.45, 7) is 3.98. The fraction of sp³-hybridized carbons (Fsp3) is 0.190. The number of aromatic nitrogens is 2. The SMILES string of the molecule is CCOc1ccc(OC(C)C(=O)NNC(=O)c2c[nH]c(=S)n2-c2ccc(F)cc2)cc1. The second kappa shape index (κ2) is 9.90. The summed E-state index contributed by atoms with van der Waals surface area (Å²) in [6, 6.07) is 12.3. The number of hydrogen-bond acceptors (Lipinski definition) is 5. The van der Waals surface area contributed by atoms with E-state index >= 15 is 0 Å². The fourth-order valence-electron chi connectivity index (χ4n) is 2.70. The molecule has 0 aliphatic rings. The molecule has 1 atom stereocenters. The molecule has 0 radical (unpaired) electrons. The monoisotopic (exact) mass is 444 g/mol. The van der Waals surface area contributed by atoms with Crippen molar-refractivity contribution in [1.82, 2.24) is 20.4 Å². The number of aromatic amines is 1. The predicted octanol–water partition coefficient (Wildman–Crippen LogP) is 3.30. The quantitative estimate of drug-likeness (QED) is 0.384. The molecule has 3 N–H and O–H groups in total. The molecule has 3 rings (SSSR count). The molecular formula is C21H21FN4O4S. The molecule has 0 fully saturated rings. The number of carbonyl (C=O) groups excluding carboxylic acids is 2. The minimum absolute atomic E-state index is 0.136.